The number of nitrogens with zero attached hydrogens (tertiary/aromatic N) is 2. The lowest BCUT2D eigenvalue weighted by molar-refractivity contribution is 1.31. The standard InChI is InChI=1S/C39H24N2S2/c1-2-7-25(8-3-1)26-13-15-29(16-14-26)41(30-17-18-32-31-9-4-5-12-36(31)42-38(32)23-30)35-11-6-10-33-34-21-28-24-40-20-19-27(28)22-37(34)43-39(33)35/h1-24H. The molecule has 0 N–H and O–H groups in total. The van der Waals surface area contributed by atoms with Crippen LogP contribution in [0.1, 0.15) is 0 Å². The largest absolute Gasteiger partial charge is 0.309 e. The highest BCUT2D eigenvalue weighted by molar-refractivity contribution is 7.26. The molecule has 6 aromatic carbocycles. The van der Waals surface area contributed by atoms with Gasteiger partial charge in [-0.3, -0.25) is 4.98 Å². The summed E-state index contributed by atoms with van der Waals surface area (Å²) in [7, 11) is 0. The summed E-state index contributed by atoms with van der Waals surface area (Å²) in [5.41, 5.74) is 5.92. The Balaban J connectivity index is 1.28. The van der Waals surface area contributed by atoms with Gasteiger partial charge in [0.1, 0.15) is 0 Å². The summed E-state index contributed by atoms with van der Waals surface area (Å²) < 4.78 is 5.19. The first kappa shape index (κ1) is 24.6. The number of hydrogen-bond donors (Lipinski definition) is 0. The molecule has 43 heavy (non-hydrogen) atoms. The molecular formula is C39H24N2S2. The Morgan fingerprint density at radius 1 is 0.465 bits per heavy atom. The fourth-order valence-electron chi connectivity index (χ4n) is 6.25. The van der Waals surface area contributed by atoms with E-state index in [0.717, 1.165) is 11.4 Å². The van der Waals surface area contributed by atoms with Crippen LogP contribution < -0.4 is 4.90 Å². The molecule has 2 nitrogen and oxygen atoms in total. The lowest BCUT2D eigenvalue weighted by atomic mass is 10.0. The van der Waals surface area contributed by atoms with Crippen LogP contribution in [0.25, 0.3) is 62.2 Å². The molecule has 0 aliphatic carbocycles. The van der Waals surface area contributed by atoms with Crippen LogP contribution in [0, 0.1) is 0 Å². The van der Waals surface area contributed by atoms with Crippen LogP contribution in [0.2, 0.25) is 0 Å². The van der Waals surface area contributed by atoms with Gasteiger partial charge in [-0.15, -0.1) is 22.7 Å². The predicted octanol–water partition coefficient (Wildman–Crippen LogP) is 12.1. The molecule has 0 amide bonds. The summed E-state index contributed by atoms with van der Waals surface area (Å²) in [5, 5.41) is 7.58. The van der Waals surface area contributed by atoms with Gasteiger partial charge in [0.2, 0.25) is 0 Å². The Morgan fingerprint density at radius 2 is 1.21 bits per heavy atom. The maximum Gasteiger partial charge on any atom is 0.0640 e. The third kappa shape index (κ3) is 4.03. The second-order valence-electron chi connectivity index (χ2n) is 10.9. The summed E-state index contributed by atoms with van der Waals surface area (Å²) in [6, 6.07) is 48.6. The Labute approximate surface area is 256 Å². The van der Waals surface area contributed by atoms with Gasteiger partial charge in [0.05, 0.1) is 10.4 Å². The van der Waals surface area contributed by atoms with E-state index < -0.39 is 0 Å². The number of pyridine rings is 1. The summed E-state index contributed by atoms with van der Waals surface area (Å²) >= 11 is 3.73. The van der Waals surface area contributed by atoms with Crippen molar-refractivity contribution in [3.63, 3.8) is 0 Å². The number of fused-ring (bicyclic) bond motifs is 7. The molecule has 0 radical (unpaired) electrons. The topological polar surface area (TPSA) is 16.1 Å². The Bertz CT molecular complexity index is 2450. The van der Waals surface area contributed by atoms with Gasteiger partial charge in [-0.25, -0.2) is 0 Å². The minimum Gasteiger partial charge on any atom is -0.309 e. The molecule has 3 aromatic heterocycles. The van der Waals surface area contributed by atoms with Crippen LogP contribution >= 0.6 is 22.7 Å². The Kier molecular flexibility index (Phi) is 5.58. The third-order valence-electron chi connectivity index (χ3n) is 8.33. The van der Waals surface area contributed by atoms with Crippen LogP contribution in [-0.2, 0) is 0 Å². The zero-order valence-corrected chi connectivity index (χ0v) is 24.7. The van der Waals surface area contributed by atoms with Crippen LogP contribution in [0.5, 0.6) is 0 Å². The summed E-state index contributed by atoms with van der Waals surface area (Å²) in [6.45, 7) is 0. The highest BCUT2D eigenvalue weighted by Gasteiger charge is 2.19. The summed E-state index contributed by atoms with van der Waals surface area (Å²) in [6.07, 6.45) is 3.83. The van der Waals surface area contributed by atoms with Crippen LogP contribution in [0.3, 0.4) is 0 Å². The van der Waals surface area contributed by atoms with Gasteiger partial charge >= 0.3 is 0 Å². The Hall–Kier alpha value is -5.03. The van der Waals surface area contributed by atoms with E-state index in [1.165, 1.54) is 67.9 Å². The van der Waals surface area contributed by atoms with Gasteiger partial charge in [-0.2, -0.15) is 0 Å². The minimum atomic E-state index is 1.14. The molecule has 0 aliphatic heterocycles. The summed E-state index contributed by atoms with van der Waals surface area (Å²) in [5.74, 6) is 0. The maximum absolute atomic E-state index is 4.37. The van der Waals surface area contributed by atoms with Gasteiger partial charge in [0.15, 0.2) is 0 Å². The molecule has 9 rings (SSSR count). The number of thiophene rings is 2. The number of rotatable bonds is 4. The van der Waals surface area contributed by atoms with E-state index in [0.29, 0.717) is 0 Å². The highest BCUT2D eigenvalue weighted by atomic mass is 32.1. The minimum absolute atomic E-state index is 1.14. The fourth-order valence-corrected chi connectivity index (χ4v) is 8.63. The molecule has 9 aromatic rings. The van der Waals surface area contributed by atoms with Gasteiger partial charge in [0, 0.05) is 64.8 Å². The number of aromatic nitrogens is 1. The van der Waals surface area contributed by atoms with E-state index in [1.54, 1.807) is 0 Å². The highest BCUT2D eigenvalue weighted by Crippen LogP contribution is 2.47. The van der Waals surface area contributed by atoms with Crippen LogP contribution in [0.4, 0.5) is 17.1 Å². The van der Waals surface area contributed by atoms with Gasteiger partial charge in [-0.1, -0.05) is 78.9 Å². The molecule has 202 valence electrons. The average molecular weight is 585 g/mol. The fraction of sp³-hybridized carbons (Fsp3) is 0. The van der Waals surface area contributed by atoms with Gasteiger partial charge < -0.3 is 4.90 Å². The van der Waals surface area contributed by atoms with E-state index in [2.05, 4.69) is 143 Å². The first-order valence-electron chi connectivity index (χ1n) is 14.4. The van der Waals surface area contributed by atoms with Crippen molar-refractivity contribution in [2.45, 2.75) is 0 Å². The van der Waals surface area contributed by atoms with Crippen molar-refractivity contribution in [3.05, 3.63) is 146 Å². The zero-order valence-electron chi connectivity index (χ0n) is 23.1. The molecule has 4 heteroatoms. The van der Waals surface area contributed by atoms with Crippen molar-refractivity contribution in [1.82, 2.24) is 4.98 Å². The normalized spacial score (nSPS) is 11.7. The van der Waals surface area contributed by atoms with Crippen molar-refractivity contribution in [3.8, 4) is 11.1 Å². The molecule has 3 heterocycles. The first-order chi connectivity index (χ1) is 21.3. The monoisotopic (exact) mass is 584 g/mol. The third-order valence-corrected chi connectivity index (χ3v) is 10.7. The second kappa shape index (κ2) is 9.77. The molecule has 0 atom stereocenters. The van der Waals surface area contributed by atoms with Gasteiger partial charge in [0.25, 0.3) is 0 Å². The lowest BCUT2D eigenvalue weighted by Crippen LogP contribution is -2.09. The maximum atomic E-state index is 4.37. The van der Waals surface area contributed by atoms with E-state index in [1.807, 2.05) is 35.1 Å². The van der Waals surface area contributed by atoms with Crippen molar-refractivity contribution in [1.29, 1.82) is 0 Å². The smallest absolute Gasteiger partial charge is 0.0640 e. The molecular weight excluding hydrogens is 561 g/mol. The lowest BCUT2D eigenvalue weighted by Gasteiger charge is -2.26. The molecule has 0 unspecified atom stereocenters. The average Bonchev–Trinajstić information content (AvgIpc) is 3.62. The second-order valence-corrected chi connectivity index (χ2v) is 13.0. The van der Waals surface area contributed by atoms with Crippen molar-refractivity contribution < 1.29 is 0 Å². The van der Waals surface area contributed by atoms with Crippen LogP contribution in [-0.4, -0.2) is 4.98 Å². The molecule has 0 aliphatic rings. The number of benzene rings is 6. The first-order valence-corrected chi connectivity index (χ1v) is 16.0. The summed E-state index contributed by atoms with van der Waals surface area (Å²) in [4.78, 5) is 6.80. The number of hydrogen-bond acceptors (Lipinski definition) is 4. The van der Waals surface area contributed by atoms with E-state index in [4.69, 9.17) is 0 Å². The van der Waals surface area contributed by atoms with E-state index in [9.17, 15) is 0 Å². The zero-order chi connectivity index (χ0) is 28.3. The van der Waals surface area contributed by atoms with Crippen LogP contribution in [0.15, 0.2) is 146 Å². The number of anilines is 3. The molecule has 0 spiro atoms. The van der Waals surface area contributed by atoms with Gasteiger partial charge in [-0.05, 0) is 71.1 Å². The van der Waals surface area contributed by atoms with Crippen molar-refractivity contribution in [2.75, 3.05) is 4.90 Å². The molecule has 0 fully saturated rings. The quantitative estimate of drug-likeness (QED) is 0.205. The molecule has 0 saturated carbocycles. The van der Waals surface area contributed by atoms with E-state index >= 15 is 0 Å². The Morgan fingerprint density at radius 3 is 2.12 bits per heavy atom. The van der Waals surface area contributed by atoms with E-state index in [-0.39, 0.29) is 0 Å². The predicted molar refractivity (Wildman–Crippen MR) is 188 cm³/mol. The van der Waals surface area contributed by atoms with Crippen molar-refractivity contribution in [2.24, 2.45) is 0 Å². The molecule has 0 saturated heterocycles. The van der Waals surface area contributed by atoms with Crippen molar-refractivity contribution >= 4 is 90.9 Å². The molecule has 0 bridgehead atoms. The SMILES string of the molecule is c1ccc(-c2ccc(N(c3ccc4c(c3)sc3ccccc34)c3cccc4c3sc3cc5ccncc5cc34)cc2)cc1.